The summed E-state index contributed by atoms with van der Waals surface area (Å²) in [5.41, 5.74) is 9.83. The van der Waals surface area contributed by atoms with Gasteiger partial charge in [-0.25, -0.2) is 0 Å². The first-order chi connectivity index (χ1) is 8.69. The van der Waals surface area contributed by atoms with Crippen LogP contribution in [0.4, 0.5) is 5.69 Å². The van der Waals surface area contributed by atoms with Gasteiger partial charge in [-0.2, -0.15) is 0 Å². The first kappa shape index (κ1) is 13.2. The lowest BCUT2D eigenvalue weighted by atomic mass is 10.2. The Labute approximate surface area is 114 Å². The molecule has 3 nitrogen and oxygen atoms in total. The number of nitrogens with one attached hydrogen (secondary N) is 3. The summed E-state index contributed by atoms with van der Waals surface area (Å²) in [4.78, 5) is 1.64. The van der Waals surface area contributed by atoms with Crippen LogP contribution in [0.2, 0.25) is 5.02 Å². The Kier molecular flexibility index (Phi) is 4.50. The summed E-state index contributed by atoms with van der Waals surface area (Å²) in [6, 6.07) is 5.99. The van der Waals surface area contributed by atoms with Crippen molar-refractivity contribution in [2.75, 3.05) is 25.1 Å². The van der Waals surface area contributed by atoms with E-state index in [1.807, 2.05) is 25.1 Å². The molecule has 0 radical (unpaired) electrons. The summed E-state index contributed by atoms with van der Waals surface area (Å²) in [5, 5.41) is 0.793. The van der Waals surface area contributed by atoms with Gasteiger partial charge in [0.05, 0.1) is 25.3 Å². The normalized spacial score (nSPS) is 19.3. The van der Waals surface area contributed by atoms with Gasteiger partial charge in [-0.3, -0.25) is 0 Å². The van der Waals surface area contributed by atoms with Crippen LogP contribution in [0.1, 0.15) is 18.9 Å². The summed E-state index contributed by atoms with van der Waals surface area (Å²) < 4.78 is 0. The molecule has 3 N–H and O–H groups in total. The largest absolute Gasteiger partial charge is 0.332 e. The van der Waals surface area contributed by atoms with Crippen LogP contribution in [0.25, 0.3) is 0 Å². The second-order valence-corrected chi connectivity index (χ2v) is 5.16. The predicted octanol–water partition coefficient (Wildman–Crippen LogP) is 1.76. The van der Waals surface area contributed by atoms with Crippen LogP contribution < -0.4 is 15.8 Å². The molecule has 4 heteroatoms. The third kappa shape index (κ3) is 3.40. The molecule has 0 bridgehead atoms. The molecule has 0 aliphatic carbocycles. The average molecular weight is 267 g/mol. The number of benzene rings is 1. The van der Waals surface area contributed by atoms with E-state index >= 15 is 0 Å². The van der Waals surface area contributed by atoms with Gasteiger partial charge in [0, 0.05) is 17.1 Å². The molecule has 1 heterocycles. The Bertz CT molecular complexity index is 443. The first-order valence-electron chi connectivity index (χ1n) is 6.50. The molecule has 98 valence electrons. The summed E-state index contributed by atoms with van der Waals surface area (Å²) >= 11 is 6.09. The highest BCUT2D eigenvalue weighted by molar-refractivity contribution is 6.31. The van der Waals surface area contributed by atoms with Crippen molar-refractivity contribution in [2.24, 2.45) is 0 Å². The number of rotatable bonds is 4. The second-order valence-electron chi connectivity index (χ2n) is 4.75. The lowest BCUT2D eigenvalue weighted by Crippen LogP contribution is -3.12. The Morgan fingerprint density at radius 3 is 2.78 bits per heavy atom. The van der Waals surface area contributed by atoms with Gasteiger partial charge in [0.25, 0.3) is 0 Å². The van der Waals surface area contributed by atoms with Crippen molar-refractivity contribution in [3.05, 3.63) is 40.6 Å². The van der Waals surface area contributed by atoms with Gasteiger partial charge in [-0.1, -0.05) is 17.7 Å². The van der Waals surface area contributed by atoms with E-state index in [0.29, 0.717) is 0 Å². The quantitative estimate of drug-likeness (QED) is 0.725. The Balaban J connectivity index is 1.88. The van der Waals surface area contributed by atoms with Crippen LogP contribution in [0.5, 0.6) is 0 Å². The number of hydrazine groups is 1. The third-order valence-electron chi connectivity index (χ3n) is 3.42. The molecule has 1 unspecified atom stereocenters. The highest BCUT2D eigenvalue weighted by Crippen LogP contribution is 2.19. The second kappa shape index (κ2) is 6.12. The maximum absolute atomic E-state index is 6.09. The zero-order chi connectivity index (χ0) is 13.0. The smallest absolute Gasteiger partial charge is 0.0978 e. The van der Waals surface area contributed by atoms with E-state index in [-0.39, 0.29) is 0 Å². The monoisotopic (exact) mass is 266 g/mol. The molecule has 1 atom stereocenters. The Morgan fingerprint density at radius 2 is 2.17 bits per heavy atom. The molecule has 0 spiro atoms. The van der Waals surface area contributed by atoms with Crippen molar-refractivity contribution in [2.45, 2.75) is 20.3 Å². The highest BCUT2D eigenvalue weighted by atomic mass is 35.5. The minimum Gasteiger partial charge on any atom is -0.332 e. The molecule has 0 saturated heterocycles. The van der Waals surface area contributed by atoms with Crippen LogP contribution in [0, 0.1) is 6.92 Å². The van der Waals surface area contributed by atoms with Gasteiger partial charge in [-0.15, -0.1) is 0 Å². The predicted molar refractivity (Wildman–Crippen MR) is 76.9 cm³/mol. The number of likely N-dealkylation sites (N-methyl/N-ethyl adjacent to an activating group) is 1. The van der Waals surface area contributed by atoms with Crippen LogP contribution in [0.3, 0.4) is 0 Å². The summed E-state index contributed by atoms with van der Waals surface area (Å²) in [5.74, 6) is 0. The molecule has 0 aromatic heterocycles. The fraction of sp³-hybridized carbons (Fsp3) is 0.429. The van der Waals surface area contributed by atoms with Crippen LogP contribution in [0.15, 0.2) is 30.0 Å². The molecule has 1 aromatic rings. The molecule has 0 amide bonds. The van der Waals surface area contributed by atoms with E-state index < -0.39 is 0 Å². The minimum absolute atomic E-state index is 0.793. The molecule has 0 fully saturated rings. The van der Waals surface area contributed by atoms with Crippen LogP contribution >= 0.6 is 11.6 Å². The van der Waals surface area contributed by atoms with Gasteiger partial charge in [0.15, 0.2) is 0 Å². The molecular formula is C14H21ClN3+. The fourth-order valence-electron chi connectivity index (χ4n) is 2.04. The number of hydrogen-bond donors (Lipinski definition) is 3. The molecule has 1 aliphatic heterocycles. The van der Waals surface area contributed by atoms with Crippen molar-refractivity contribution < 1.29 is 4.90 Å². The van der Waals surface area contributed by atoms with Crippen molar-refractivity contribution in [1.29, 1.82) is 0 Å². The number of quaternary nitrogens is 1. The maximum atomic E-state index is 6.09. The third-order valence-corrected chi connectivity index (χ3v) is 3.83. The van der Waals surface area contributed by atoms with Gasteiger partial charge in [-0.05, 0) is 37.6 Å². The topological polar surface area (TPSA) is 28.5 Å². The lowest BCUT2D eigenvalue weighted by Gasteiger charge is -2.23. The van der Waals surface area contributed by atoms with Crippen LogP contribution in [-0.2, 0) is 0 Å². The van der Waals surface area contributed by atoms with E-state index in [1.165, 1.54) is 18.8 Å². The average Bonchev–Trinajstić information content (AvgIpc) is 2.41. The van der Waals surface area contributed by atoms with E-state index in [2.05, 4.69) is 23.9 Å². The first-order valence-corrected chi connectivity index (χ1v) is 6.87. The zero-order valence-electron chi connectivity index (χ0n) is 11.0. The number of hydrogen-bond acceptors (Lipinski definition) is 2. The van der Waals surface area contributed by atoms with Crippen molar-refractivity contribution >= 4 is 17.3 Å². The van der Waals surface area contributed by atoms with E-state index in [1.54, 1.807) is 4.90 Å². The summed E-state index contributed by atoms with van der Waals surface area (Å²) in [6.45, 7) is 7.74. The van der Waals surface area contributed by atoms with Gasteiger partial charge in [0.1, 0.15) is 0 Å². The van der Waals surface area contributed by atoms with E-state index in [9.17, 15) is 0 Å². The van der Waals surface area contributed by atoms with Gasteiger partial charge >= 0.3 is 0 Å². The lowest BCUT2D eigenvalue weighted by molar-refractivity contribution is -0.893. The summed E-state index contributed by atoms with van der Waals surface area (Å²) in [7, 11) is 0. The standard InChI is InChI=1S/C14H20ClN3/c1-3-18-8-6-12(7-9-18)16-17-13-5-4-11(2)14(15)10-13/h4-6,10,16-17H,3,7-9H2,1-2H3/p+1. The van der Waals surface area contributed by atoms with Crippen molar-refractivity contribution in [3.8, 4) is 0 Å². The van der Waals surface area contributed by atoms with Crippen LogP contribution in [-0.4, -0.2) is 19.6 Å². The molecule has 2 rings (SSSR count). The highest BCUT2D eigenvalue weighted by Gasteiger charge is 2.12. The molecule has 1 aromatic carbocycles. The maximum Gasteiger partial charge on any atom is 0.0978 e. The zero-order valence-corrected chi connectivity index (χ0v) is 11.8. The van der Waals surface area contributed by atoms with Crippen molar-refractivity contribution in [3.63, 3.8) is 0 Å². The van der Waals surface area contributed by atoms with Gasteiger partial charge < -0.3 is 15.8 Å². The molecule has 18 heavy (non-hydrogen) atoms. The van der Waals surface area contributed by atoms with Gasteiger partial charge in [0.2, 0.25) is 0 Å². The SMILES string of the molecule is CC[NH+]1CC=C(NNc2ccc(C)c(Cl)c2)CC1. The Hall–Kier alpha value is -1.19. The molecule has 1 aliphatic rings. The van der Waals surface area contributed by atoms with E-state index in [4.69, 9.17) is 11.6 Å². The number of anilines is 1. The van der Waals surface area contributed by atoms with E-state index in [0.717, 1.165) is 29.2 Å². The number of aryl methyl sites for hydroxylation is 1. The summed E-state index contributed by atoms with van der Waals surface area (Å²) in [6.07, 6.45) is 3.36. The minimum atomic E-state index is 0.793. The Morgan fingerprint density at radius 1 is 1.33 bits per heavy atom. The van der Waals surface area contributed by atoms with Crippen molar-refractivity contribution in [1.82, 2.24) is 5.43 Å². The molecule has 0 saturated carbocycles. The fourth-order valence-corrected chi connectivity index (χ4v) is 2.22. The number of halogens is 1. The molecular weight excluding hydrogens is 246 g/mol.